The first-order valence-corrected chi connectivity index (χ1v) is 15.7. The second-order valence-corrected chi connectivity index (χ2v) is 11.1. The first kappa shape index (κ1) is 34.9. The number of nitrogens with one attached hydrogen (secondary N) is 1. The van der Waals surface area contributed by atoms with Crippen LogP contribution in [0, 0.1) is 0 Å². The predicted octanol–water partition coefficient (Wildman–Crippen LogP) is 8.91. The molecule has 0 bridgehead atoms. The molecule has 1 atom stereocenters. The fourth-order valence-corrected chi connectivity index (χ4v) is 4.59. The zero-order valence-corrected chi connectivity index (χ0v) is 25.1. The topological polar surface area (TPSA) is 78.8 Å². The van der Waals surface area contributed by atoms with Gasteiger partial charge in [0.1, 0.15) is 18.5 Å². The number of hydrogen-bond donors (Lipinski definition) is 3. The summed E-state index contributed by atoms with van der Waals surface area (Å²) < 4.78 is 5.72. The maximum Gasteiger partial charge on any atom is 0.303 e. The maximum absolute atomic E-state index is 10.3. The number of hydrogen-bond acceptors (Lipinski definition) is 4. The van der Waals surface area contributed by atoms with Crippen LogP contribution in [0.2, 0.25) is 0 Å². The summed E-state index contributed by atoms with van der Waals surface area (Å²) in [6.45, 7) is 7.22. The molecule has 0 saturated heterocycles. The van der Waals surface area contributed by atoms with E-state index in [1.165, 1.54) is 83.5 Å². The average Bonchev–Trinajstić information content (AvgIpc) is 2.93. The van der Waals surface area contributed by atoms with Gasteiger partial charge in [0.15, 0.2) is 0 Å². The van der Waals surface area contributed by atoms with E-state index in [2.05, 4.69) is 38.2 Å². The Hall–Kier alpha value is -2.11. The molecule has 2 aromatic carbocycles. The number of aliphatic carboxylic acids is 1. The molecule has 5 nitrogen and oxygen atoms in total. The molecule has 5 heteroatoms. The number of carbonyl (C=O) groups is 1. The molecule has 0 spiro atoms. The van der Waals surface area contributed by atoms with Gasteiger partial charge in [0.2, 0.25) is 0 Å². The van der Waals surface area contributed by atoms with Gasteiger partial charge in [-0.1, -0.05) is 147 Å². The summed E-state index contributed by atoms with van der Waals surface area (Å²) in [6.07, 6.45) is 19.7. The summed E-state index contributed by atoms with van der Waals surface area (Å²) in [7, 11) is 0. The zero-order valence-electron chi connectivity index (χ0n) is 25.1. The number of benzene rings is 2. The molecule has 2 rings (SSSR count). The van der Waals surface area contributed by atoms with Gasteiger partial charge in [-0.3, -0.25) is 4.79 Å². The van der Waals surface area contributed by atoms with Crippen LogP contribution in [0.25, 0.3) is 10.8 Å². The second kappa shape index (κ2) is 23.7. The second-order valence-electron chi connectivity index (χ2n) is 11.1. The Morgan fingerprint density at radius 1 is 0.769 bits per heavy atom. The van der Waals surface area contributed by atoms with E-state index in [1.54, 1.807) is 0 Å². The lowest BCUT2D eigenvalue weighted by Gasteiger charge is -2.15. The lowest BCUT2D eigenvalue weighted by Crippen LogP contribution is -2.35. The minimum absolute atomic E-state index is 0.299. The molecular weight excluding hydrogens is 486 g/mol. The van der Waals surface area contributed by atoms with Crippen LogP contribution in [0.3, 0.4) is 0 Å². The minimum Gasteiger partial charge on any atom is -0.490 e. The van der Waals surface area contributed by atoms with Crippen LogP contribution in [0.15, 0.2) is 42.5 Å². The van der Waals surface area contributed by atoms with Gasteiger partial charge >= 0.3 is 5.97 Å². The van der Waals surface area contributed by atoms with E-state index >= 15 is 0 Å². The molecule has 39 heavy (non-hydrogen) atoms. The molecule has 0 fully saturated rings. The molecule has 0 heterocycles. The number of carboxylic acid groups (broad SMARTS) is 1. The molecule has 3 N–H and O–H groups in total. The van der Waals surface area contributed by atoms with Gasteiger partial charge in [-0.05, 0) is 17.9 Å². The molecule has 222 valence electrons. The van der Waals surface area contributed by atoms with Crippen LogP contribution in [0.4, 0.5) is 0 Å². The van der Waals surface area contributed by atoms with Crippen molar-refractivity contribution in [1.29, 1.82) is 0 Å². The molecule has 2 aromatic rings. The number of fused-ring (bicyclic) bond motifs is 1. The number of aliphatic hydroxyl groups is 1. The van der Waals surface area contributed by atoms with Crippen molar-refractivity contribution in [1.82, 2.24) is 5.32 Å². The number of unbranched alkanes of at least 4 members (excludes halogenated alkanes) is 14. The third kappa shape index (κ3) is 19.6. The van der Waals surface area contributed by atoms with Crippen molar-refractivity contribution in [2.45, 2.75) is 136 Å². The van der Waals surface area contributed by atoms with Gasteiger partial charge < -0.3 is 20.3 Å². The van der Waals surface area contributed by atoms with Gasteiger partial charge in [-0.25, -0.2) is 0 Å². The Morgan fingerprint density at radius 2 is 1.28 bits per heavy atom. The van der Waals surface area contributed by atoms with Crippen molar-refractivity contribution in [2.24, 2.45) is 0 Å². The van der Waals surface area contributed by atoms with E-state index in [-0.39, 0.29) is 0 Å². The van der Waals surface area contributed by atoms with Crippen LogP contribution in [0.1, 0.15) is 124 Å². The standard InChI is InChI=1S/C18H36O2.C16H21NO2/c1-2-3-4-5-6-7-8-9-10-11-12-13-14-15-16-17-18(19)20;1-12(2)17-10-14(18)11-19-16-9-5-7-13-6-3-4-8-15(13)16/h2-17H2,1H3,(H,19,20);3-9,12,14,17-18H,10-11H2,1-2H3. The minimum atomic E-state index is -0.653. The van der Waals surface area contributed by atoms with Gasteiger partial charge in [0, 0.05) is 24.4 Å². The Balaban J connectivity index is 0.000000390. The normalized spacial score (nSPS) is 11.8. The highest BCUT2D eigenvalue weighted by molar-refractivity contribution is 5.88. The Morgan fingerprint density at radius 3 is 1.82 bits per heavy atom. The van der Waals surface area contributed by atoms with Crippen LogP contribution in [-0.4, -0.2) is 41.5 Å². The number of rotatable bonds is 22. The van der Waals surface area contributed by atoms with E-state index in [0.29, 0.717) is 25.6 Å². The van der Waals surface area contributed by atoms with Gasteiger partial charge in [-0.2, -0.15) is 0 Å². The molecule has 0 aliphatic rings. The smallest absolute Gasteiger partial charge is 0.303 e. The predicted molar refractivity (Wildman–Crippen MR) is 166 cm³/mol. The molecule has 0 aliphatic heterocycles. The third-order valence-electron chi connectivity index (χ3n) is 6.94. The first-order chi connectivity index (χ1) is 18.9. The SMILES string of the molecule is CC(C)NCC(O)COc1cccc2ccccc12.CCCCCCCCCCCCCCCCCC(=O)O. The number of carboxylic acids is 1. The van der Waals surface area contributed by atoms with Crippen molar-refractivity contribution < 1.29 is 19.7 Å². The maximum atomic E-state index is 10.3. The monoisotopic (exact) mass is 543 g/mol. The van der Waals surface area contributed by atoms with E-state index < -0.39 is 12.1 Å². The van der Waals surface area contributed by atoms with Gasteiger partial charge in [0.25, 0.3) is 0 Å². The highest BCUT2D eigenvalue weighted by Gasteiger charge is 2.07. The van der Waals surface area contributed by atoms with Crippen LogP contribution in [0.5, 0.6) is 5.75 Å². The van der Waals surface area contributed by atoms with Crippen molar-refractivity contribution in [3.63, 3.8) is 0 Å². The quantitative estimate of drug-likeness (QED) is 0.129. The largest absolute Gasteiger partial charge is 0.490 e. The summed E-state index contributed by atoms with van der Waals surface area (Å²) in [5, 5.41) is 23.8. The third-order valence-corrected chi connectivity index (χ3v) is 6.94. The van der Waals surface area contributed by atoms with E-state index in [4.69, 9.17) is 9.84 Å². The zero-order chi connectivity index (χ0) is 28.6. The molecule has 0 saturated carbocycles. The van der Waals surface area contributed by atoms with Crippen molar-refractivity contribution >= 4 is 16.7 Å². The lowest BCUT2D eigenvalue weighted by molar-refractivity contribution is -0.137. The van der Waals surface area contributed by atoms with E-state index in [1.807, 2.05) is 30.3 Å². The summed E-state index contributed by atoms with van der Waals surface area (Å²) >= 11 is 0. The highest BCUT2D eigenvalue weighted by Crippen LogP contribution is 2.25. The van der Waals surface area contributed by atoms with Crippen molar-refractivity contribution in [3.05, 3.63) is 42.5 Å². The molecular formula is C34H57NO4. The summed E-state index contributed by atoms with van der Waals surface area (Å²) in [4.78, 5) is 10.3. The van der Waals surface area contributed by atoms with Crippen LogP contribution < -0.4 is 10.1 Å². The molecule has 1 unspecified atom stereocenters. The Kier molecular flexibility index (Phi) is 21.3. The summed E-state index contributed by atoms with van der Waals surface area (Å²) in [5.41, 5.74) is 0. The molecule has 0 aliphatic carbocycles. The van der Waals surface area contributed by atoms with Crippen LogP contribution >= 0.6 is 0 Å². The average molecular weight is 544 g/mol. The Labute approximate surface area is 238 Å². The number of aliphatic hydroxyl groups excluding tert-OH is 1. The first-order valence-electron chi connectivity index (χ1n) is 15.7. The van der Waals surface area contributed by atoms with Crippen molar-refractivity contribution in [2.75, 3.05) is 13.2 Å². The molecule has 0 radical (unpaired) electrons. The summed E-state index contributed by atoms with van der Waals surface area (Å²) in [5.74, 6) is 0.168. The summed E-state index contributed by atoms with van der Waals surface area (Å²) in [6, 6.07) is 14.4. The fourth-order valence-electron chi connectivity index (χ4n) is 4.59. The van der Waals surface area contributed by atoms with Gasteiger partial charge in [-0.15, -0.1) is 0 Å². The van der Waals surface area contributed by atoms with Gasteiger partial charge in [0.05, 0.1) is 0 Å². The Bertz CT molecular complexity index is 849. The van der Waals surface area contributed by atoms with E-state index in [9.17, 15) is 9.90 Å². The van der Waals surface area contributed by atoms with E-state index in [0.717, 1.165) is 29.4 Å². The fraction of sp³-hybridized carbons (Fsp3) is 0.676. The number of ether oxygens (including phenoxy) is 1. The lowest BCUT2D eigenvalue weighted by atomic mass is 10.0. The highest BCUT2D eigenvalue weighted by atomic mass is 16.5. The molecule has 0 amide bonds. The van der Waals surface area contributed by atoms with Crippen molar-refractivity contribution in [3.8, 4) is 5.75 Å². The molecule has 0 aromatic heterocycles. The van der Waals surface area contributed by atoms with Crippen LogP contribution in [-0.2, 0) is 4.79 Å².